The quantitative estimate of drug-likeness (QED) is 0.668. The van der Waals surface area contributed by atoms with Crippen LogP contribution in [0.4, 0.5) is 5.69 Å². The van der Waals surface area contributed by atoms with Crippen LogP contribution in [0, 0.1) is 0 Å². The highest BCUT2D eigenvalue weighted by molar-refractivity contribution is 6.00. The van der Waals surface area contributed by atoms with Crippen LogP contribution in [-0.4, -0.2) is 22.1 Å². The minimum atomic E-state index is -0.167. The molecule has 78 valence electrons. The lowest BCUT2D eigenvalue weighted by molar-refractivity contribution is 0.0993. The lowest BCUT2D eigenvalue weighted by atomic mass is 10.1. The second kappa shape index (κ2) is 4.23. The molecule has 0 aliphatic rings. The number of rotatable bonds is 4. The Morgan fingerprint density at radius 2 is 2.21 bits per heavy atom. The number of hydrogen-bond donors (Lipinski definition) is 2. The maximum atomic E-state index is 11.4. The third-order valence-corrected chi connectivity index (χ3v) is 2.10. The summed E-state index contributed by atoms with van der Waals surface area (Å²) in [7, 11) is 1.71. The highest BCUT2D eigenvalue weighted by Crippen LogP contribution is 2.17. The van der Waals surface area contributed by atoms with Gasteiger partial charge in [0, 0.05) is 7.05 Å². The summed E-state index contributed by atoms with van der Waals surface area (Å²) >= 11 is 0. The van der Waals surface area contributed by atoms with Gasteiger partial charge in [-0.2, -0.15) is 5.10 Å². The van der Waals surface area contributed by atoms with E-state index in [-0.39, 0.29) is 12.3 Å². The average molecular weight is 196 g/mol. The number of anilines is 1. The summed E-state index contributed by atoms with van der Waals surface area (Å²) in [4.78, 5) is 11.4. The van der Waals surface area contributed by atoms with Crippen molar-refractivity contribution in [2.75, 3.05) is 12.3 Å². The zero-order chi connectivity index (χ0) is 10.7. The van der Waals surface area contributed by atoms with E-state index in [1.165, 1.54) is 4.68 Å². The summed E-state index contributed by atoms with van der Waals surface area (Å²) in [6.07, 6.45) is 1.75. The Hall–Kier alpha value is -1.36. The number of aryl methyl sites for hydroxylation is 2. The van der Waals surface area contributed by atoms with Gasteiger partial charge >= 0.3 is 0 Å². The van der Waals surface area contributed by atoms with Gasteiger partial charge in [0.05, 0.1) is 17.9 Å². The van der Waals surface area contributed by atoms with Crippen LogP contribution in [0.5, 0.6) is 0 Å². The molecule has 14 heavy (non-hydrogen) atoms. The fraction of sp³-hybridized carbons (Fsp3) is 0.556. The van der Waals surface area contributed by atoms with Crippen LogP contribution in [0.2, 0.25) is 0 Å². The molecule has 0 saturated heterocycles. The number of carbonyl (C=O) groups excluding carboxylic acids is 1. The Kier molecular flexibility index (Phi) is 3.24. The van der Waals surface area contributed by atoms with E-state index in [4.69, 9.17) is 11.5 Å². The van der Waals surface area contributed by atoms with Crippen molar-refractivity contribution in [1.82, 2.24) is 9.78 Å². The van der Waals surface area contributed by atoms with Gasteiger partial charge in [-0.3, -0.25) is 9.48 Å². The van der Waals surface area contributed by atoms with Crippen molar-refractivity contribution in [1.29, 1.82) is 0 Å². The predicted molar refractivity (Wildman–Crippen MR) is 55.0 cm³/mol. The number of aromatic nitrogens is 2. The van der Waals surface area contributed by atoms with E-state index < -0.39 is 0 Å². The number of nitrogen functional groups attached to an aromatic ring is 1. The summed E-state index contributed by atoms with van der Waals surface area (Å²) in [6.45, 7) is 2.01. The van der Waals surface area contributed by atoms with E-state index in [1.807, 2.05) is 6.92 Å². The number of Topliss-reactive ketones (excluding diaryl/α,β-unsaturated/α-hetero) is 1. The van der Waals surface area contributed by atoms with Gasteiger partial charge in [-0.25, -0.2) is 0 Å². The maximum Gasteiger partial charge on any atom is 0.196 e. The Bertz CT molecular complexity index is 343. The smallest absolute Gasteiger partial charge is 0.196 e. The maximum absolute atomic E-state index is 11.4. The number of nitrogens with two attached hydrogens (primary N) is 2. The molecule has 4 N–H and O–H groups in total. The molecule has 5 nitrogen and oxygen atoms in total. The molecule has 1 aromatic heterocycles. The molecule has 1 rings (SSSR count). The number of hydrogen-bond acceptors (Lipinski definition) is 4. The first-order valence-corrected chi connectivity index (χ1v) is 4.66. The topological polar surface area (TPSA) is 86.9 Å². The van der Waals surface area contributed by atoms with Gasteiger partial charge in [-0.15, -0.1) is 0 Å². The first-order valence-electron chi connectivity index (χ1n) is 4.66. The predicted octanol–water partition coefficient (Wildman–Crippen LogP) is 0.0962. The molecular formula is C9H16N4O. The first kappa shape index (κ1) is 10.7. The molecule has 0 aromatic carbocycles. The molecule has 0 radical (unpaired) electrons. The van der Waals surface area contributed by atoms with Gasteiger partial charge in [0.1, 0.15) is 5.69 Å². The Balaban J connectivity index is 3.11. The van der Waals surface area contributed by atoms with Gasteiger partial charge in [0.2, 0.25) is 0 Å². The molecule has 0 bridgehead atoms. The lowest BCUT2D eigenvalue weighted by Gasteiger charge is -1.99. The minimum absolute atomic E-state index is 0.0324. The van der Waals surface area contributed by atoms with Gasteiger partial charge < -0.3 is 11.5 Å². The van der Waals surface area contributed by atoms with Gasteiger partial charge in [-0.05, 0) is 6.42 Å². The van der Waals surface area contributed by atoms with Crippen molar-refractivity contribution in [3.8, 4) is 0 Å². The van der Waals surface area contributed by atoms with E-state index >= 15 is 0 Å². The molecule has 5 heteroatoms. The number of carbonyl (C=O) groups is 1. The number of ketones is 1. The monoisotopic (exact) mass is 196 g/mol. The second-order valence-electron chi connectivity index (χ2n) is 3.21. The van der Waals surface area contributed by atoms with E-state index in [1.54, 1.807) is 7.05 Å². The molecule has 0 aliphatic heterocycles. The second-order valence-corrected chi connectivity index (χ2v) is 3.21. The van der Waals surface area contributed by atoms with Crippen LogP contribution < -0.4 is 11.5 Å². The summed E-state index contributed by atoms with van der Waals surface area (Å²) in [5, 5.41) is 4.18. The fourth-order valence-electron chi connectivity index (χ4n) is 1.44. The Morgan fingerprint density at radius 3 is 2.71 bits per heavy atom. The first-order chi connectivity index (χ1) is 6.61. The van der Waals surface area contributed by atoms with Crippen LogP contribution >= 0.6 is 0 Å². The summed E-state index contributed by atoms with van der Waals surface area (Å²) in [5.41, 5.74) is 12.8. The normalized spacial score (nSPS) is 10.5. The van der Waals surface area contributed by atoms with Crippen molar-refractivity contribution in [2.24, 2.45) is 12.8 Å². The zero-order valence-corrected chi connectivity index (χ0v) is 8.58. The fourth-order valence-corrected chi connectivity index (χ4v) is 1.44. The molecule has 0 amide bonds. The molecular weight excluding hydrogens is 180 g/mol. The number of nitrogens with zero attached hydrogens (tertiary/aromatic N) is 2. The highest BCUT2D eigenvalue weighted by atomic mass is 16.1. The largest absolute Gasteiger partial charge is 0.395 e. The van der Waals surface area contributed by atoms with E-state index in [0.29, 0.717) is 11.4 Å². The Morgan fingerprint density at radius 1 is 1.57 bits per heavy atom. The Labute approximate surface area is 83.1 Å². The standard InChI is InChI=1S/C9H16N4O/c1-3-4-6-8(11)9(7(14)5-10)13(2)12-6/h3-5,10-11H2,1-2H3. The third kappa shape index (κ3) is 1.77. The van der Waals surface area contributed by atoms with Crippen molar-refractivity contribution < 1.29 is 4.79 Å². The molecule has 1 heterocycles. The highest BCUT2D eigenvalue weighted by Gasteiger charge is 2.17. The van der Waals surface area contributed by atoms with E-state index in [2.05, 4.69) is 5.10 Å². The van der Waals surface area contributed by atoms with Crippen molar-refractivity contribution in [2.45, 2.75) is 19.8 Å². The SMILES string of the molecule is CCCc1nn(C)c(C(=O)CN)c1N. The molecule has 0 spiro atoms. The molecule has 0 unspecified atom stereocenters. The van der Waals surface area contributed by atoms with Crippen molar-refractivity contribution >= 4 is 11.5 Å². The molecule has 0 aliphatic carbocycles. The molecule has 0 fully saturated rings. The summed E-state index contributed by atoms with van der Waals surface area (Å²) in [6, 6.07) is 0. The van der Waals surface area contributed by atoms with Crippen LogP contribution in [0.3, 0.4) is 0 Å². The molecule has 0 atom stereocenters. The summed E-state index contributed by atoms with van der Waals surface area (Å²) in [5.74, 6) is -0.167. The average Bonchev–Trinajstić information content (AvgIpc) is 2.42. The third-order valence-electron chi connectivity index (χ3n) is 2.10. The van der Waals surface area contributed by atoms with Gasteiger partial charge in [0.25, 0.3) is 0 Å². The van der Waals surface area contributed by atoms with Crippen molar-refractivity contribution in [3.05, 3.63) is 11.4 Å². The lowest BCUT2D eigenvalue weighted by Crippen LogP contribution is -2.18. The van der Waals surface area contributed by atoms with Crippen molar-refractivity contribution in [3.63, 3.8) is 0 Å². The van der Waals surface area contributed by atoms with Crippen LogP contribution in [0.1, 0.15) is 29.5 Å². The van der Waals surface area contributed by atoms with Crippen LogP contribution in [0.15, 0.2) is 0 Å². The van der Waals surface area contributed by atoms with Crippen LogP contribution in [-0.2, 0) is 13.5 Å². The van der Waals surface area contributed by atoms with E-state index in [0.717, 1.165) is 18.5 Å². The zero-order valence-electron chi connectivity index (χ0n) is 8.58. The van der Waals surface area contributed by atoms with E-state index in [9.17, 15) is 4.79 Å². The summed E-state index contributed by atoms with van der Waals surface area (Å²) < 4.78 is 1.51. The molecule has 0 saturated carbocycles. The van der Waals surface area contributed by atoms with Gasteiger partial charge in [-0.1, -0.05) is 13.3 Å². The minimum Gasteiger partial charge on any atom is -0.395 e. The van der Waals surface area contributed by atoms with Crippen LogP contribution in [0.25, 0.3) is 0 Å². The molecule has 1 aromatic rings. The van der Waals surface area contributed by atoms with Gasteiger partial charge in [0.15, 0.2) is 5.78 Å².